The molecule has 1 atom stereocenters. The summed E-state index contributed by atoms with van der Waals surface area (Å²) >= 11 is 0. The number of pyridine rings is 1. The van der Waals surface area contributed by atoms with Gasteiger partial charge in [0.05, 0.1) is 6.10 Å². The molecule has 2 aromatic rings. The first kappa shape index (κ1) is 21.2. The lowest BCUT2D eigenvalue weighted by Crippen LogP contribution is -2.38. The van der Waals surface area contributed by atoms with E-state index in [2.05, 4.69) is 31.6 Å². The van der Waals surface area contributed by atoms with E-state index >= 15 is 0 Å². The number of likely N-dealkylation sites (tertiary alicyclic amines) is 1. The number of benzene rings is 1. The van der Waals surface area contributed by atoms with E-state index in [1.807, 2.05) is 18.2 Å². The lowest BCUT2D eigenvalue weighted by atomic mass is 10.1. The lowest BCUT2D eigenvalue weighted by Gasteiger charge is -2.32. The Bertz CT molecular complexity index is 913. The number of rotatable bonds is 7. The average Bonchev–Trinajstić information content (AvgIpc) is 3.20. The highest BCUT2D eigenvalue weighted by Gasteiger charge is 2.28. The summed E-state index contributed by atoms with van der Waals surface area (Å²) in [6, 6.07) is 13.6. The predicted octanol–water partition coefficient (Wildman–Crippen LogP) is 2.25. The van der Waals surface area contributed by atoms with Gasteiger partial charge >= 0.3 is 0 Å². The van der Waals surface area contributed by atoms with Crippen molar-refractivity contribution in [2.75, 3.05) is 38.2 Å². The van der Waals surface area contributed by atoms with Gasteiger partial charge in [-0.3, -0.25) is 4.90 Å². The zero-order valence-electron chi connectivity index (χ0n) is 17.4. The van der Waals surface area contributed by atoms with Gasteiger partial charge in [0.15, 0.2) is 0 Å². The second kappa shape index (κ2) is 9.43. The highest BCUT2D eigenvalue weighted by atomic mass is 32.2. The third kappa shape index (κ3) is 5.18. The van der Waals surface area contributed by atoms with Crippen LogP contribution in [0.4, 0.5) is 5.82 Å². The van der Waals surface area contributed by atoms with Crippen LogP contribution in [-0.2, 0) is 21.3 Å². The van der Waals surface area contributed by atoms with Crippen molar-refractivity contribution in [3.05, 3.63) is 54.2 Å². The number of hydrogen-bond donors (Lipinski definition) is 1. The van der Waals surface area contributed by atoms with Crippen molar-refractivity contribution in [3.8, 4) is 0 Å². The maximum Gasteiger partial charge on any atom is 0.242 e. The van der Waals surface area contributed by atoms with E-state index in [1.165, 1.54) is 11.8 Å². The van der Waals surface area contributed by atoms with Gasteiger partial charge in [-0.15, -0.1) is 0 Å². The molecule has 3 heterocycles. The minimum Gasteiger partial charge on any atom is -0.381 e. The van der Waals surface area contributed by atoms with Gasteiger partial charge in [0.2, 0.25) is 10.0 Å². The van der Waals surface area contributed by atoms with Crippen LogP contribution in [0.2, 0.25) is 0 Å². The first-order valence-electron chi connectivity index (χ1n) is 10.6. The molecule has 2 aliphatic rings. The Hall–Kier alpha value is -2.00. The molecule has 7 nitrogen and oxygen atoms in total. The minimum absolute atomic E-state index is 0.0774. The molecule has 8 heteroatoms. The number of hydrogen-bond acceptors (Lipinski definition) is 6. The second-order valence-corrected chi connectivity index (χ2v) is 9.82. The van der Waals surface area contributed by atoms with Gasteiger partial charge in [-0.05, 0) is 37.0 Å². The van der Waals surface area contributed by atoms with Crippen LogP contribution >= 0.6 is 0 Å². The number of nitrogens with one attached hydrogen (secondary N) is 1. The van der Waals surface area contributed by atoms with Crippen LogP contribution in [-0.4, -0.2) is 63.7 Å². The van der Waals surface area contributed by atoms with Gasteiger partial charge in [-0.1, -0.05) is 30.3 Å². The highest BCUT2D eigenvalue weighted by Crippen LogP contribution is 2.21. The van der Waals surface area contributed by atoms with Crippen LogP contribution in [0, 0.1) is 0 Å². The van der Waals surface area contributed by atoms with Gasteiger partial charge in [0, 0.05) is 52.1 Å². The number of piperidine rings is 1. The molecule has 2 fully saturated rings. The fourth-order valence-electron chi connectivity index (χ4n) is 4.24. The monoisotopic (exact) mass is 430 g/mol. The van der Waals surface area contributed by atoms with Crippen molar-refractivity contribution < 1.29 is 13.2 Å². The zero-order chi connectivity index (χ0) is 21.0. The highest BCUT2D eigenvalue weighted by molar-refractivity contribution is 7.89. The Labute approximate surface area is 179 Å². The Morgan fingerprint density at radius 3 is 2.50 bits per heavy atom. The summed E-state index contributed by atoms with van der Waals surface area (Å²) in [5.41, 5.74) is 1.25. The summed E-state index contributed by atoms with van der Waals surface area (Å²) in [5.74, 6) is 0.818. The van der Waals surface area contributed by atoms with E-state index in [0.717, 1.165) is 51.3 Å². The SMILES string of the molecule is COC1CCN(c2ccc(S(=O)(=O)N[C@@H]3CCN(Cc4ccccc4)C3)cn2)CC1. The molecule has 1 N–H and O–H groups in total. The molecule has 30 heavy (non-hydrogen) atoms. The molecule has 0 aliphatic carbocycles. The Kier molecular flexibility index (Phi) is 6.67. The van der Waals surface area contributed by atoms with Crippen molar-refractivity contribution in [1.82, 2.24) is 14.6 Å². The molecule has 4 rings (SSSR count). The van der Waals surface area contributed by atoms with E-state index in [4.69, 9.17) is 4.74 Å². The van der Waals surface area contributed by atoms with Crippen LogP contribution in [0.3, 0.4) is 0 Å². The van der Waals surface area contributed by atoms with Crippen LogP contribution in [0.5, 0.6) is 0 Å². The Balaban J connectivity index is 1.32. The molecule has 1 aromatic carbocycles. The summed E-state index contributed by atoms with van der Waals surface area (Å²) in [6.07, 6.45) is 4.50. The molecule has 2 saturated heterocycles. The topological polar surface area (TPSA) is 74.8 Å². The van der Waals surface area contributed by atoms with Crippen molar-refractivity contribution in [3.63, 3.8) is 0 Å². The number of ether oxygens (including phenoxy) is 1. The standard InChI is InChI=1S/C22H30N4O3S/c1-29-20-10-13-26(14-11-20)22-8-7-21(15-23-22)30(27,28)24-19-9-12-25(17-19)16-18-5-3-2-4-6-18/h2-8,15,19-20,24H,9-14,16-17H2,1H3/t19-/m1/s1. The number of aromatic nitrogens is 1. The summed E-state index contributed by atoms with van der Waals surface area (Å²) in [5, 5.41) is 0. The fraction of sp³-hybridized carbons (Fsp3) is 0.500. The molecule has 0 saturated carbocycles. The van der Waals surface area contributed by atoms with Crippen molar-refractivity contribution >= 4 is 15.8 Å². The predicted molar refractivity (Wildman–Crippen MR) is 117 cm³/mol. The largest absolute Gasteiger partial charge is 0.381 e. The van der Waals surface area contributed by atoms with Crippen molar-refractivity contribution in [1.29, 1.82) is 0 Å². The molecule has 0 radical (unpaired) electrons. The summed E-state index contributed by atoms with van der Waals surface area (Å²) in [6.45, 7) is 4.18. The van der Waals surface area contributed by atoms with Gasteiger partial charge in [0.25, 0.3) is 0 Å². The molecular weight excluding hydrogens is 400 g/mol. The minimum atomic E-state index is -3.58. The van der Waals surface area contributed by atoms with Gasteiger partial charge in [0.1, 0.15) is 10.7 Å². The molecular formula is C22H30N4O3S. The molecule has 162 valence electrons. The number of sulfonamides is 1. The van der Waals surface area contributed by atoms with E-state index in [1.54, 1.807) is 19.2 Å². The fourth-order valence-corrected chi connectivity index (χ4v) is 5.45. The zero-order valence-corrected chi connectivity index (χ0v) is 18.2. The first-order chi connectivity index (χ1) is 14.5. The molecule has 1 aromatic heterocycles. The van der Waals surface area contributed by atoms with Gasteiger partial charge < -0.3 is 9.64 Å². The van der Waals surface area contributed by atoms with Crippen molar-refractivity contribution in [2.45, 2.75) is 42.8 Å². The average molecular weight is 431 g/mol. The lowest BCUT2D eigenvalue weighted by molar-refractivity contribution is 0.0818. The van der Waals surface area contributed by atoms with E-state index < -0.39 is 10.0 Å². The van der Waals surface area contributed by atoms with E-state index in [-0.39, 0.29) is 10.9 Å². The Morgan fingerprint density at radius 2 is 1.83 bits per heavy atom. The maximum atomic E-state index is 12.8. The third-order valence-electron chi connectivity index (χ3n) is 5.97. The third-order valence-corrected chi connectivity index (χ3v) is 7.48. The van der Waals surface area contributed by atoms with Crippen LogP contribution in [0.15, 0.2) is 53.6 Å². The van der Waals surface area contributed by atoms with Crippen LogP contribution in [0.25, 0.3) is 0 Å². The van der Waals surface area contributed by atoms with E-state index in [0.29, 0.717) is 12.6 Å². The van der Waals surface area contributed by atoms with Gasteiger partial charge in [-0.25, -0.2) is 18.1 Å². The quantitative estimate of drug-likeness (QED) is 0.726. The Morgan fingerprint density at radius 1 is 1.07 bits per heavy atom. The van der Waals surface area contributed by atoms with Gasteiger partial charge in [-0.2, -0.15) is 0 Å². The summed E-state index contributed by atoms with van der Waals surface area (Å²) < 4.78 is 33.9. The number of methoxy groups -OCH3 is 1. The first-order valence-corrected chi connectivity index (χ1v) is 12.0. The van der Waals surface area contributed by atoms with Crippen LogP contribution < -0.4 is 9.62 Å². The molecule has 0 amide bonds. The van der Waals surface area contributed by atoms with Crippen LogP contribution in [0.1, 0.15) is 24.8 Å². The molecule has 0 spiro atoms. The maximum absolute atomic E-state index is 12.8. The summed E-state index contributed by atoms with van der Waals surface area (Å²) in [4.78, 5) is 9.11. The summed E-state index contributed by atoms with van der Waals surface area (Å²) in [7, 11) is -1.83. The van der Waals surface area contributed by atoms with E-state index in [9.17, 15) is 8.42 Å². The molecule has 0 bridgehead atoms. The molecule has 0 unspecified atom stereocenters. The number of anilines is 1. The second-order valence-electron chi connectivity index (χ2n) is 8.10. The normalized spacial score (nSPS) is 21.2. The smallest absolute Gasteiger partial charge is 0.242 e. The van der Waals surface area contributed by atoms with Crippen molar-refractivity contribution in [2.24, 2.45) is 0 Å². The molecule has 2 aliphatic heterocycles. The number of nitrogens with zero attached hydrogens (tertiary/aromatic N) is 3.